The third-order valence-corrected chi connectivity index (χ3v) is 3.48. The van der Waals surface area contributed by atoms with Crippen LogP contribution in [0.1, 0.15) is 43.6 Å². The molecule has 18 heavy (non-hydrogen) atoms. The number of nitriles is 1. The zero-order valence-electron chi connectivity index (χ0n) is 11.7. The topological polar surface area (TPSA) is 74.7 Å². The third kappa shape index (κ3) is 3.21. The van der Waals surface area contributed by atoms with E-state index in [0.29, 0.717) is 12.1 Å². The minimum Gasteiger partial charge on any atom is -0.382 e. The number of pyridine rings is 1. The Balaban J connectivity index is 2.95. The van der Waals surface area contributed by atoms with Gasteiger partial charge in [-0.3, -0.25) is 4.98 Å². The highest BCUT2D eigenvalue weighted by molar-refractivity contribution is 5.60. The lowest BCUT2D eigenvalue weighted by molar-refractivity contribution is 0.418. The number of anilines is 1. The summed E-state index contributed by atoms with van der Waals surface area (Å²) in [6.07, 6.45) is 1.81. The van der Waals surface area contributed by atoms with Crippen LogP contribution in [-0.2, 0) is 0 Å². The van der Waals surface area contributed by atoms with E-state index in [1.165, 1.54) is 0 Å². The van der Waals surface area contributed by atoms with Crippen molar-refractivity contribution in [1.82, 2.24) is 4.98 Å². The predicted octanol–water partition coefficient (Wildman–Crippen LogP) is 2.50. The Kier molecular flexibility index (Phi) is 4.69. The van der Waals surface area contributed by atoms with Gasteiger partial charge in [-0.15, -0.1) is 0 Å². The van der Waals surface area contributed by atoms with E-state index in [2.05, 4.69) is 30.2 Å². The van der Waals surface area contributed by atoms with Crippen molar-refractivity contribution in [3.63, 3.8) is 0 Å². The van der Waals surface area contributed by atoms with Crippen molar-refractivity contribution >= 4 is 5.69 Å². The first-order valence-corrected chi connectivity index (χ1v) is 6.37. The van der Waals surface area contributed by atoms with Crippen molar-refractivity contribution in [2.45, 2.75) is 46.1 Å². The molecule has 4 heteroatoms. The average Bonchev–Trinajstić information content (AvgIpc) is 2.35. The van der Waals surface area contributed by atoms with Crippen molar-refractivity contribution in [3.8, 4) is 6.07 Å². The Morgan fingerprint density at radius 3 is 2.50 bits per heavy atom. The van der Waals surface area contributed by atoms with Gasteiger partial charge >= 0.3 is 0 Å². The minimum absolute atomic E-state index is 0.224. The summed E-state index contributed by atoms with van der Waals surface area (Å²) >= 11 is 0. The summed E-state index contributed by atoms with van der Waals surface area (Å²) < 4.78 is 0. The van der Waals surface area contributed by atoms with Crippen LogP contribution in [0.4, 0.5) is 5.69 Å². The van der Waals surface area contributed by atoms with Crippen LogP contribution >= 0.6 is 0 Å². The second kappa shape index (κ2) is 5.83. The average molecular weight is 246 g/mol. The van der Waals surface area contributed by atoms with E-state index in [1.54, 1.807) is 0 Å². The monoisotopic (exact) mass is 246 g/mol. The van der Waals surface area contributed by atoms with Crippen molar-refractivity contribution in [2.75, 3.05) is 11.9 Å². The maximum Gasteiger partial charge on any atom is 0.103 e. The van der Waals surface area contributed by atoms with Crippen molar-refractivity contribution in [2.24, 2.45) is 5.73 Å². The van der Waals surface area contributed by atoms with Crippen LogP contribution in [0.15, 0.2) is 6.07 Å². The molecule has 0 aromatic carbocycles. The van der Waals surface area contributed by atoms with Gasteiger partial charge in [0.05, 0.1) is 16.9 Å². The van der Waals surface area contributed by atoms with Crippen molar-refractivity contribution in [3.05, 3.63) is 23.0 Å². The number of rotatable bonds is 5. The van der Waals surface area contributed by atoms with Crippen LogP contribution < -0.4 is 11.1 Å². The molecule has 1 aromatic rings. The predicted molar refractivity (Wildman–Crippen MR) is 74.4 cm³/mol. The Morgan fingerprint density at radius 1 is 1.39 bits per heavy atom. The van der Waals surface area contributed by atoms with E-state index < -0.39 is 0 Å². The number of nitrogens with two attached hydrogens (primary N) is 1. The van der Waals surface area contributed by atoms with Gasteiger partial charge in [-0.05, 0) is 32.8 Å². The van der Waals surface area contributed by atoms with E-state index in [1.807, 2.05) is 19.9 Å². The molecule has 3 N–H and O–H groups in total. The molecule has 0 spiro atoms. The zero-order valence-corrected chi connectivity index (χ0v) is 11.7. The van der Waals surface area contributed by atoms with Gasteiger partial charge in [0.25, 0.3) is 0 Å². The summed E-state index contributed by atoms with van der Waals surface area (Å²) in [4.78, 5) is 4.30. The lowest BCUT2D eigenvalue weighted by Crippen LogP contribution is -2.45. The second-order valence-corrected chi connectivity index (χ2v) is 4.81. The fourth-order valence-electron chi connectivity index (χ4n) is 1.88. The molecular weight excluding hydrogens is 224 g/mol. The highest BCUT2D eigenvalue weighted by Gasteiger charge is 2.20. The first-order chi connectivity index (χ1) is 8.45. The normalized spacial score (nSPS) is 11.1. The highest BCUT2D eigenvalue weighted by atomic mass is 14.9. The van der Waals surface area contributed by atoms with Crippen molar-refractivity contribution < 1.29 is 0 Å². The fourth-order valence-corrected chi connectivity index (χ4v) is 1.88. The molecule has 1 aromatic heterocycles. The molecule has 0 aliphatic rings. The van der Waals surface area contributed by atoms with Gasteiger partial charge < -0.3 is 11.1 Å². The van der Waals surface area contributed by atoms with E-state index >= 15 is 0 Å². The van der Waals surface area contributed by atoms with Crippen LogP contribution in [0, 0.1) is 25.2 Å². The smallest absolute Gasteiger partial charge is 0.103 e. The highest BCUT2D eigenvalue weighted by Crippen LogP contribution is 2.20. The summed E-state index contributed by atoms with van der Waals surface area (Å²) in [5.74, 6) is 0. The van der Waals surface area contributed by atoms with Crippen LogP contribution in [0.5, 0.6) is 0 Å². The third-order valence-electron chi connectivity index (χ3n) is 3.48. The maximum atomic E-state index is 9.17. The van der Waals surface area contributed by atoms with Crippen LogP contribution in [0.25, 0.3) is 0 Å². The van der Waals surface area contributed by atoms with Gasteiger partial charge in [-0.1, -0.05) is 13.8 Å². The molecule has 0 saturated heterocycles. The summed E-state index contributed by atoms with van der Waals surface area (Å²) in [5.41, 5.74) is 9.13. The first kappa shape index (κ1) is 14.5. The molecule has 0 fully saturated rings. The number of nitrogens with one attached hydrogen (secondary N) is 1. The Morgan fingerprint density at radius 2 is 2.00 bits per heavy atom. The lowest BCUT2D eigenvalue weighted by Gasteiger charge is -2.27. The van der Waals surface area contributed by atoms with E-state index in [9.17, 15) is 5.26 Å². The van der Waals surface area contributed by atoms with Gasteiger partial charge in [0.1, 0.15) is 6.07 Å². The maximum absolute atomic E-state index is 9.17. The summed E-state index contributed by atoms with van der Waals surface area (Å²) in [6, 6.07) is 4.10. The molecule has 0 aliphatic heterocycles. The fraction of sp³-hybridized carbons (Fsp3) is 0.571. The molecule has 0 amide bonds. The van der Waals surface area contributed by atoms with Crippen LogP contribution in [-0.4, -0.2) is 17.1 Å². The number of hydrogen-bond acceptors (Lipinski definition) is 4. The van der Waals surface area contributed by atoms with Crippen LogP contribution in [0.3, 0.4) is 0 Å². The molecule has 0 radical (unpaired) electrons. The lowest BCUT2D eigenvalue weighted by atomic mass is 9.94. The van der Waals surface area contributed by atoms with Gasteiger partial charge in [-0.2, -0.15) is 5.26 Å². The van der Waals surface area contributed by atoms with Gasteiger partial charge in [0.2, 0.25) is 0 Å². The Labute approximate surface area is 109 Å². The van der Waals surface area contributed by atoms with Gasteiger partial charge in [0, 0.05) is 17.8 Å². The summed E-state index contributed by atoms with van der Waals surface area (Å²) in [7, 11) is 0. The molecule has 0 bridgehead atoms. The van der Waals surface area contributed by atoms with E-state index in [-0.39, 0.29) is 5.54 Å². The van der Waals surface area contributed by atoms with Gasteiger partial charge in [0.15, 0.2) is 0 Å². The first-order valence-electron chi connectivity index (χ1n) is 6.37. The molecule has 0 aliphatic carbocycles. The molecule has 0 saturated carbocycles. The molecule has 4 nitrogen and oxygen atoms in total. The molecule has 98 valence electrons. The summed E-state index contributed by atoms with van der Waals surface area (Å²) in [6.45, 7) is 8.61. The van der Waals surface area contributed by atoms with E-state index in [4.69, 9.17) is 5.73 Å². The van der Waals surface area contributed by atoms with Gasteiger partial charge in [-0.25, -0.2) is 0 Å². The second-order valence-electron chi connectivity index (χ2n) is 4.81. The molecule has 1 heterocycles. The van der Waals surface area contributed by atoms with Crippen molar-refractivity contribution in [1.29, 1.82) is 5.26 Å². The number of hydrogen-bond donors (Lipinski definition) is 2. The quantitative estimate of drug-likeness (QED) is 0.837. The Bertz CT molecular complexity index is 456. The SMILES string of the molecule is CCC(N)(CC)CNc1cc(C)nc(C)c1C#N. The number of nitrogens with zero attached hydrogens (tertiary/aromatic N) is 2. The number of aromatic nitrogens is 1. The largest absolute Gasteiger partial charge is 0.382 e. The molecule has 0 atom stereocenters. The summed E-state index contributed by atoms with van der Waals surface area (Å²) in [5, 5.41) is 12.5. The minimum atomic E-state index is -0.224. The number of aryl methyl sites for hydroxylation is 2. The zero-order chi connectivity index (χ0) is 13.8. The van der Waals surface area contributed by atoms with E-state index in [0.717, 1.165) is 29.9 Å². The van der Waals surface area contributed by atoms with Crippen LogP contribution in [0.2, 0.25) is 0 Å². The molecule has 1 rings (SSSR count). The Hall–Kier alpha value is -1.60. The standard InChI is InChI=1S/C14H22N4/c1-5-14(16,6-2)9-17-13-7-10(3)18-11(4)12(13)8-15/h7H,5-6,9,16H2,1-4H3,(H,17,18). The molecule has 0 unspecified atom stereocenters. The molecular formula is C14H22N4.